The molecule has 0 unspecified atom stereocenters. The fourth-order valence-electron chi connectivity index (χ4n) is 1.25. The first kappa shape index (κ1) is 13.8. The van der Waals surface area contributed by atoms with Crippen LogP contribution in [0.5, 0.6) is 0 Å². The highest BCUT2D eigenvalue weighted by molar-refractivity contribution is 5.48. The Morgan fingerprint density at radius 1 is 1.24 bits per heavy atom. The second-order valence-electron chi connectivity index (χ2n) is 3.92. The summed E-state index contributed by atoms with van der Waals surface area (Å²) in [5.74, 6) is -0.684. The number of halogens is 4. The number of hydrogen-bond acceptors (Lipinski definition) is 2. The van der Waals surface area contributed by atoms with Gasteiger partial charge in [-0.3, -0.25) is 0 Å². The standard InChI is InChI=1S/C11H14F4N2/c1-17(2)6-5-16-10-7-8(11(13,14)15)3-4-9(10)12/h3-4,7,16H,5-6H2,1-2H3. The van der Waals surface area contributed by atoms with E-state index in [-0.39, 0.29) is 5.69 Å². The number of rotatable bonds is 4. The number of nitrogens with one attached hydrogen (secondary N) is 1. The summed E-state index contributed by atoms with van der Waals surface area (Å²) in [6.07, 6.45) is -4.45. The smallest absolute Gasteiger partial charge is 0.381 e. The number of benzene rings is 1. The minimum absolute atomic E-state index is 0.123. The van der Waals surface area contributed by atoms with E-state index in [4.69, 9.17) is 0 Å². The van der Waals surface area contributed by atoms with E-state index in [2.05, 4.69) is 5.32 Å². The van der Waals surface area contributed by atoms with Crippen LogP contribution in [0.4, 0.5) is 23.2 Å². The average molecular weight is 250 g/mol. The summed E-state index contributed by atoms with van der Waals surface area (Å²) in [4.78, 5) is 1.85. The molecule has 1 aromatic carbocycles. The van der Waals surface area contributed by atoms with Crippen LogP contribution in [0.15, 0.2) is 18.2 Å². The summed E-state index contributed by atoms with van der Waals surface area (Å²) in [5.41, 5.74) is -0.979. The van der Waals surface area contributed by atoms with E-state index in [1.165, 1.54) is 0 Å². The highest BCUT2D eigenvalue weighted by Crippen LogP contribution is 2.31. The summed E-state index contributed by atoms with van der Waals surface area (Å²) in [5, 5.41) is 2.64. The van der Waals surface area contributed by atoms with Crippen LogP contribution >= 0.6 is 0 Å². The summed E-state index contributed by atoms with van der Waals surface area (Å²) in [6.45, 7) is 0.987. The van der Waals surface area contributed by atoms with Gasteiger partial charge in [-0.15, -0.1) is 0 Å². The maximum absolute atomic E-state index is 13.2. The van der Waals surface area contributed by atoms with E-state index in [1.807, 2.05) is 19.0 Å². The average Bonchev–Trinajstić information content (AvgIpc) is 2.18. The summed E-state index contributed by atoms with van der Waals surface area (Å²) in [7, 11) is 3.65. The van der Waals surface area contributed by atoms with Crippen molar-refractivity contribution >= 4 is 5.69 Å². The molecule has 0 aliphatic rings. The van der Waals surface area contributed by atoms with Gasteiger partial charge in [-0.2, -0.15) is 13.2 Å². The van der Waals surface area contributed by atoms with Crippen LogP contribution in [0, 0.1) is 5.82 Å². The lowest BCUT2D eigenvalue weighted by molar-refractivity contribution is -0.137. The van der Waals surface area contributed by atoms with Gasteiger partial charge in [0.1, 0.15) is 5.82 Å². The minimum atomic E-state index is -4.45. The fourth-order valence-corrected chi connectivity index (χ4v) is 1.25. The lowest BCUT2D eigenvalue weighted by Crippen LogP contribution is -2.21. The maximum Gasteiger partial charge on any atom is 0.416 e. The molecule has 96 valence electrons. The van der Waals surface area contributed by atoms with E-state index >= 15 is 0 Å². The van der Waals surface area contributed by atoms with Crippen LogP contribution in [0.1, 0.15) is 5.56 Å². The van der Waals surface area contributed by atoms with Gasteiger partial charge in [0, 0.05) is 13.1 Å². The Balaban J connectivity index is 2.77. The highest BCUT2D eigenvalue weighted by atomic mass is 19.4. The molecule has 0 spiro atoms. The van der Waals surface area contributed by atoms with Gasteiger partial charge in [0.25, 0.3) is 0 Å². The zero-order valence-electron chi connectivity index (χ0n) is 9.61. The number of hydrogen-bond donors (Lipinski definition) is 1. The Labute approximate surface area is 97.2 Å². The van der Waals surface area contributed by atoms with Gasteiger partial charge in [-0.1, -0.05) is 0 Å². The van der Waals surface area contributed by atoms with Crippen molar-refractivity contribution in [1.29, 1.82) is 0 Å². The lowest BCUT2D eigenvalue weighted by Gasteiger charge is -2.13. The maximum atomic E-state index is 13.2. The number of alkyl halides is 3. The van der Waals surface area contributed by atoms with Crippen LogP contribution in [-0.2, 0) is 6.18 Å². The van der Waals surface area contributed by atoms with Crippen molar-refractivity contribution in [2.75, 3.05) is 32.5 Å². The molecule has 0 amide bonds. The molecule has 1 aromatic rings. The zero-order valence-corrected chi connectivity index (χ0v) is 9.61. The molecule has 6 heteroatoms. The Morgan fingerprint density at radius 2 is 1.88 bits per heavy atom. The van der Waals surface area contributed by atoms with Crippen molar-refractivity contribution in [3.8, 4) is 0 Å². The number of likely N-dealkylation sites (N-methyl/N-ethyl adjacent to an activating group) is 1. The Hall–Kier alpha value is -1.30. The van der Waals surface area contributed by atoms with Gasteiger partial charge in [-0.05, 0) is 32.3 Å². The molecule has 1 rings (SSSR count). The Kier molecular flexibility index (Phi) is 4.34. The first-order valence-electron chi connectivity index (χ1n) is 5.06. The Bertz CT molecular complexity index is 374. The van der Waals surface area contributed by atoms with Crippen LogP contribution in [0.2, 0.25) is 0 Å². The molecule has 0 heterocycles. The van der Waals surface area contributed by atoms with Crippen molar-refractivity contribution in [2.45, 2.75) is 6.18 Å². The fraction of sp³-hybridized carbons (Fsp3) is 0.455. The predicted octanol–water partition coefficient (Wildman–Crippen LogP) is 2.82. The third kappa shape index (κ3) is 4.22. The molecule has 0 saturated carbocycles. The third-order valence-electron chi connectivity index (χ3n) is 2.17. The third-order valence-corrected chi connectivity index (χ3v) is 2.17. The van der Waals surface area contributed by atoms with E-state index in [9.17, 15) is 17.6 Å². The summed E-state index contributed by atoms with van der Waals surface area (Å²) in [6, 6.07) is 2.33. The molecule has 17 heavy (non-hydrogen) atoms. The largest absolute Gasteiger partial charge is 0.416 e. The van der Waals surface area contributed by atoms with Crippen LogP contribution in [0.25, 0.3) is 0 Å². The number of anilines is 1. The monoisotopic (exact) mass is 250 g/mol. The molecule has 0 aliphatic heterocycles. The van der Waals surface area contributed by atoms with Crippen LogP contribution in [-0.4, -0.2) is 32.1 Å². The van der Waals surface area contributed by atoms with Gasteiger partial charge in [-0.25, -0.2) is 4.39 Å². The molecule has 0 aromatic heterocycles. The van der Waals surface area contributed by atoms with E-state index < -0.39 is 17.6 Å². The van der Waals surface area contributed by atoms with Gasteiger partial charge >= 0.3 is 6.18 Å². The van der Waals surface area contributed by atoms with Gasteiger partial charge in [0.15, 0.2) is 0 Å². The molecule has 0 aliphatic carbocycles. The normalized spacial score (nSPS) is 11.9. The van der Waals surface area contributed by atoms with Gasteiger partial charge in [0.05, 0.1) is 11.3 Å². The molecule has 0 atom stereocenters. The molecular weight excluding hydrogens is 236 g/mol. The van der Waals surface area contributed by atoms with E-state index in [0.29, 0.717) is 13.1 Å². The topological polar surface area (TPSA) is 15.3 Å². The summed E-state index contributed by atoms with van der Waals surface area (Å²) >= 11 is 0. The SMILES string of the molecule is CN(C)CCNc1cc(C(F)(F)F)ccc1F. The summed E-state index contributed by atoms with van der Waals surface area (Å²) < 4.78 is 50.4. The molecule has 2 nitrogen and oxygen atoms in total. The van der Waals surface area contributed by atoms with Gasteiger partial charge < -0.3 is 10.2 Å². The predicted molar refractivity (Wildman–Crippen MR) is 58.4 cm³/mol. The van der Waals surface area contributed by atoms with Crippen molar-refractivity contribution < 1.29 is 17.6 Å². The molecule has 0 saturated heterocycles. The number of nitrogens with zero attached hydrogens (tertiary/aromatic N) is 1. The van der Waals surface area contributed by atoms with Crippen LogP contribution in [0.3, 0.4) is 0 Å². The minimum Gasteiger partial charge on any atom is -0.381 e. The van der Waals surface area contributed by atoms with E-state index in [1.54, 1.807) is 0 Å². The van der Waals surface area contributed by atoms with Gasteiger partial charge in [0.2, 0.25) is 0 Å². The van der Waals surface area contributed by atoms with Crippen molar-refractivity contribution in [2.24, 2.45) is 0 Å². The molecule has 0 radical (unpaired) electrons. The van der Waals surface area contributed by atoms with Crippen molar-refractivity contribution in [3.05, 3.63) is 29.6 Å². The van der Waals surface area contributed by atoms with Crippen molar-refractivity contribution in [1.82, 2.24) is 4.90 Å². The lowest BCUT2D eigenvalue weighted by atomic mass is 10.2. The van der Waals surface area contributed by atoms with E-state index in [0.717, 1.165) is 18.2 Å². The second kappa shape index (κ2) is 5.35. The quantitative estimate of drug-likeness (QED) is 0.827. The van der Waals surface area contributed by atoms with Crippen molar-refractivity contribution in [3.63, 3.8) is 0 Å². The first-order valence-corrected chi connectivity index (χ1v) is 5.06. The Morgan fingerprint density at radius 3 is 2.41 bits per heavy atom. The molecular formula is C11H14F4N2. The second-order valence-corrected chi connectivity index (χ2v) is 3.92. The molecule has 0 bridgehead atoms. The molecule has 1 N–H and O–H groups in total. The first-order chi connectivity index (χ1) is 7.80. The highest BCUT2D eigenvalue weighted by Gasteiger charge is 2.31. The van der Waals surface area contributed by atoms with Crippen LogP contribution < -0.4 is 5.32 Å². The molecule has 0 fully saturated rings. The zero-order chi connectivity index (χ0) is 13.1.